The molecule has 0 saturated carbocycles. The molecule has 0 saturated heterocycles. The van der Waals surface area contributed by atoms with Gasteiger partial charge in [0, 0.05) is 11.8 Å². The Bertz CT molecular complexity index is 715. The summed E-state index contributed by atoms with van der Waals surface area (Å²) in [6.45, 7) is 0. The molecular weight excluding hydrogens is 336 g/mol. The lowest BCUT2D eigenvalue weighted by atomic mass is 10.3. The van der Waals surface area contributed by atoms with E-state index in [4.69, 9.17) is 26.4 Å². The minimum Gasteiger partial charge on any atom is -0.493 e. The summed E-state index contributed by atoms with van der Waals surface area (Å²) in [5.74, 6) is 0.810. The first-order chi connectivity index (χ1) is 11.1. The van der Waals surface area contributed by atoms with Crippen molar-refractivity contribution in [2.75, 3.05) is 32.0 Å². The third-order valence-electron chi connectivity index (χ3n) is 2.93. The Kier molecular flexibility index (Phi) is 5.78. The van der Waals surface area contributed by atoms with Gasteiger partial charge in [-0.05, 0) is 35.8 Å². The maximum Gasteiger partial charge on any atom is 0.350 e. The molecule has 1 aromatic carbocycles. The highest BCUT2D eigenvalue weighted by molar-refractivity contribution is 7.80. The zero-order valence-electron chi connectivity index (χ0n) is 12.8. The number of hydrogen-bond donors (Lipinski definition) is 2. The van der Waals surface area contributed by atoms with Gasteiger partial charge in [0.15, 0.2) is 16.6 Å². The second-order valence-corrected chi connectivity index (χ2v) is 5.63. The molecule has 6 nitrogen and oxygen atoms in total. The van der Waals surface area contributed by atoms with Crippen LogP contribution in [0.3, 0.4) is 0 Å². The fourth-order valence-corrected chi connectivity index (χ4v) is 2.85. The maximum atomic E-state index is 11.6. The normalized spacial score (nSPS) is 9.87. The number of nitrogens with one attached hydrogen (secondary N) is 2. The fourth-order valence-electron chi connectivity index (χ4n) is 1.86. The molecule has 0 aliphatic rings. The van der Waals surface area contributed by atoms with Crippen LogP contribution in [0.1, 0.15) is 9.67 Å². The van der Waals surface area contributed by atoms with Gasteiger partial charge in [-0.1, -0.05) is 0 Å². The Hall–Kier alpha value is -2.32. The molecule has 0 radical (unpaired) electrons. The quantitative estimate of drug-likeness (QED) is 0.632. The van der Waals surface area contributed by atoms with Gasteiger partial charge in [-0.15, -0.1) is 11.3 Å². The van der Waals surface area contributed by atoms with Gasteiger partial charge < -0.3 is 24.8 Å². The molecule has 0 spiro atoms. The number of carbonyl (C=O) groups is 1. The van der Waals surface area contributed by atoms with Crippen LogP contribution in [0.5, 0.6) is 11.5 Å². The number of thiophene rings is 1. The third-order valence-corrected chi connectivity index (χ3v) is 4.02. The number of esters is 1. The largest absolute Gasteiger partial charge is 0.493 e. The van der Waals surface area contributed by atoms with Crippen molar-refractivity contribution in [2.45, 2.75) is 0 Å². The summed E-state index contributed by atoms with van der Waals surface area (Å²) in [6.07, 6.45) is 0. The van der Waals surface area contributed by atoms with E-state index in [1.165, 1.54) is 18.4 Å². The Balaban J connectivity index is 2.08. The highest BCUT2D eigenvalue weighted by Crippen LogP contribution is 2.30. The smallest absolute Gasteiger partial charge is 0.350 e. The highest BCUT2D eigenvalue weighted by atomic mass is 32.1. The molecule has 0 aliphatic heterocycles. The average molecular weight is 352 g/mol. The molecular formula is C15H16N2O4S2. The van der Waals surface area contributed by atoms with E-state index < -0.39 is 5.97 Å². The van der Waals surface area contributed by atoms with Crippen molar-refractivity contribution in [3.8, 4) is 11.5 Å². The summed E-state index contributed by atoms with van der Waals surface area (Å²) < 4.78 is 15.2. The van der Waals surface area contributed by atoms with Gasteiger partial charge in [0.25, 0.3) is 0 Å². The summed E-state index contributed by atoms with van der Waals surface area (Å²) in [5.41, 5.74) is 1.33. The predicted molar refractivity (Wildman–Crippen MR) is 95.0 cm³/mol. The summed E-state index contributed by atoms with van der Waals surface area (Å²) in [7, 11) is 4.47. The molecule has 0 fully saturated rings. The first-order valence-electron chi connectivity index (χ1n) is 6.55. The first-order valence-corrected chi connectivity index (χ1v) is 7.83. The first kappa shape index (κ1) is 17.0. The molecule has 2 aromatic rings. The van der Waals surface area contributed by atoms with E-state index in [0.717, 1.165) is 5.69 Å². The van der Waals surface area contributed by atoms with Crippen LogP contribution in [-0.2, 0) is 4.74 Å². The van der Waals surface area contributed by atoms with Crippen molar-refractivity contribution in [3.05, 3.63) is 34.5 Å². The molecule has 0 bridgehead atoms. The molecule has 0 unspecified atom stereocenters. The molecule has 8 heteroatoms. The molecule has 1 aromatic heterocycles. The van der Waals surface area contributed by atoms with E-state index in [2.05, 4.69) is 10.6 Å². The number of rotatable bonds is 5. The van der Waals surface area contributed by atoms with Crippen molar-refractivity contribution in [3.63, 3.8) is 0 Å². The lowest BCUT2D eigenvalue weighted by molar-refractivity contribution is 0.0607. The Labute approximate surface area is 143 Å². The third kappa shape index (κ3) is 4.11. The van der Waals surface area contributed by atoms with E-state index >= 15 is 0 Å². The number of hydrogen-bond acceptors (Lipinski definition) is 6. The van der Waals surface area contributed by atoms with Crippen LogP contribution >= 0.6 is 23.6 Å². The van der Waals surface area contributed by atoms with Gasteiger partial charge in [0.05, 0.1) is 27.0 Å². The number of thiocarbonyl (C=S) groups is 1. The van der Waals surface area contributed by atoms with Gasteiger partial charge in [-0.25, -0.2) is 4.79 Å². The number of anilines is 2. The van der Waals surface area contributed by atoms with E-state index in [-0.39, 0.29) is 0 Å². The summed E-state index contributed by atoms with van der Waals surface area (Å²) in [4.78, 5) is 12.1. The fraction of sp³-hybridized carbons (Fsp3) is 0.200. The van der Waals surface area contributed by atoms with Gasteiger partial charge in [0.1, 0.15) is 4.88 Å². The summed E-state index contributed by atoms with van der Waals surface area (Å²) in [5, 5.41) is 8.14. The van der Waals surface area contributed by atoms with Crippen molar-refractivity contribution in [1.82, 2.24) is 0 Å². The number of carbonyl (C=O) groups excluding carboxylic acids is 1. The van der Waals surface area contributed by atoms with Gasteiger partial charge in [0.2, 0.25) is 0 Å². The molecule has 0 aliphatic carbocycles. The predicted octanol–water partition coefficient (Wildman–Crippen LogP) is 3.36. The van der Waals surface area contributed by atoms with Crippen LogP contribution in [-0.4, -0.2) is 32.4 Å². The Morgan fingerprint density at radius 3 is 2.48 bits per heavy atom. The number of methoxy groups -OCH3 is 3. The van der Waals surface area contributed by atoms with Crippen molar-refractivity contribution < 1.29 is 19.0 Å². The minimum atomic E-state index is -0.406. The topological polar surface area (TPSA) is 68.8 Å². The zero-order valence-corrected chi connectivity index (χ0v) is 14.5. The second kappa shape index (κ2) is 7.80. The van der Waals surface area contributed by atoms with Crippen LogP contribution in [0.15, 0.2) is 29.6 Å². The molecule has 2 rings (SSSR count). The van der Waals surface area contributed by atoms with Crippen molar-refractivity contribution in [2.24, 2.45) is 0 Å². The molecule has 2 N–H and O–H groups in total. The number of ether oxygens (including phenoxy) is 3. The second-order valence-electron chi connectivity index (χ2n) is 4.30. The zero-order chi connectivity index (χ0) is 16.8. The monoisotopic (exact) mass is 352 g/mol. The van der Waals surface area contributed by atoms with Crippen LogP contribution in [0.2, 0.25) is 0 Å². The molecule has 23 heavy (non-hydrogen) atoms. The minimum absolute atomic E-state index is 0.348. The SMILES string of the molecule is COC(=O)c1sccc1NC(=S)Nc1ccc(OC)c(OC)c1. The molecule has 1 heterocycles. The average Bonchev–Trinajstić information content (AvgIpc) is 3.01. The maximum absolute atomic E-state index is 11.6. The summed E-state index contributed by atoms with van der Waals surface area (Å²) >= 11 is 6.55. The van der Waals surface area contributed by atoms with E-state index in [0.29, 0.717) is 27.2 Å². The number of benzene rings is 1. The molecule has 0 amide bonds. The Morgan fingerprint density at radius 2 is 1.83 bits per heavy atom. The van der Waals surface area contributed by atoms with E-state index in [9.17, 15) is 4.79 Å². The highest BCUT2D eigenvalue weighted by Gasteiger charge is 2.14. The lowest BCUT2D eigenvalue weighted by Crippen LogP contribution is -2.20. The summed E-state index contributed by atoms with van der Waals surface area (Å²) in [6, 6.07) is 7.11. The molecule has 0 atom stereocenters. The van der Waals surface area contributed by atoms with Gasteiger partial charge in [-0.2, -0.15) is 0 Å². The van der Waals surface area contributed by atoms with Crippen molar-refractivity contribution >= 4 is 46.0 Å². The van der Waals surface area contributed by atoms with Crippen LogP contribution < -0.4 is 20.1 Å². The van der Waals surface area contributed by atoms with Crippen molar-refractivity contribution in [1.29, 1.82) is 0 Å². The van der Waals surface area contributed by atoms with E-state index in [1.54, 1.807) is 37.8 Å². The molecule has 122 valence electrons. The Morgan fingerprint density at radius 1 is 1.09 bits per heavy atom. The van der Waals surface area contributed by atoms with Crippen LogP contribution in [0.4, 0.5) is 11.4 Å². The van der Waals surface area contributed by atoms with E-state index in [1.807, 2.05) is 6.07 Å². The standard InChI is InChI=1S/C15H16N2O4S2/c1-19-11-5-4-9(8-12(11)20-2)16-15(22)17-10-6-7-23-13(10)14(18)21-3/h4-8H,1-3H3,(H2,16,17,22). The van der Waals surface area contributed by atoms with Gasteiger partial charge in [-0.3, -0.25) is 0 Å². The lowest BCUT2D eigenvalue weighted by Gasteiger charge is -2.13. The van der Waals surface area contributed by atoms with Crippen LogP contribution in [0, 0.1) is 0 Å². The van der Waals surface area contributed by atoms with Crippen LogP contribution in [0.25, 0.3) is 0 Å². The van der Waals surface area contributed by atoms with Gasteiger partial charge >= 0.3 is 5.97 Å².